The highest BCUT2D eigenvalue weighted by molar-refractivity contribution is 5.33. The molecule has 15 heavy (non-hydrogen) atoms. The van der Waals surface area contributed by atoms with Gasteiger partial charge in [0.25, 0.3) is 0 Å². The standard InChI is InChI=1S/C13H17NO/c1-3-4-8-12(14)10-11-7-5-6-9-13(11)15-2/h5-7,9,12H,8,10,14H2,1-2H3. The van der Waals surface area contributed by atoms with Crippen molar-refractivity contribution in [2.24, 2.45) is 5.73 Å². The molecule has 0 aliphatic heterocycles. The Morgan fingerprint density at radius 2 is 2.13 bits per heavy atom. The van der Waals surface area contributed by atoms with Crippen molar-refractivity contribution in [2.45, 2.75) is 25.8 Å². The zero-order chi connectivity index (χ0) is 11.1. The first-order chi connectivity index (χ1) is 7.27. The average Bonchev–Trinajstić information content (AvgIpc) is 2.27. The molecule has 2 N–H and O–H groups in total. The molecular formula is C13H17NO. The van der Waals surface area contributed by atoms with E-state index in [2.05, 4.69) is 11.8 Å². The van der Waals surface area contributed by atoms with Gasteiger partial charge in [0.1, 0.15) is 5.75 Å². The fraction of sp³-hybridized carbons (Fsp3) is 0.385. The Kier molecular flexibility index (Phi) is 4.73. The third-order valence-corrected chi connectivity index (χ3v) is 2.22. The third kappa shape index (κ3) is 3.65. The Morgan fingerprint density at radius 3 is 2.80 bits per heavy atom. The molecule has 0 aromatic heterocycles. The lowest BCUT2D eigenvalue weighted by Crippen LogP contribution is -2.22. The van der Waals surface area contributed by atoms with Crippen LogP contribution in [0.2, 0.25) is 0 Å². The van der Waals surface area contributed by atoms with Gasteiger partial charge in [-0.25, -0.2) is 0 Å². The van der Waals surface area contributed by atoms with Crippen molar-refractivity contribution in [3.63, 3.8) is 0 Å². The minimum Gasteiger partial charge on any atom is -0.496 e. The molecule has 0 saturated heterocycles. The van der Waals surface area contributed by atoms with Crippen LogP contribution >= 0.6 is 0 Å². The van der Waals surface area contributed by atoms with Crippen LogP contribution in [0.1, 0.15) is 18.9 Å². The van der Waals surface area contributed by atoms with Gasteiger partial charge in [-0.1, -0.05) is 18.2 Å². The SMILES string of the molecule is CC#CCC(N)Cc1ccccc1OC. The van der Waals surface area contributed by atoms with Crippen molar-refractivity contribution in [3.05, 3.63) is 29.8 Å². The first-order valence-electron chi connectivity index (χ1n) is 5.05. The zero-order valence-corrected chi connectivity index (χ0v) is 9.29. The van der Waals surface area contributed by atoms with E-state index in [0.717, 1.165) is 24.2 Å². The van der Waals surface area contributed by atoms with Crippen LogP contribution in [0.5, 0.6) is 5.75 Å². The lowest BCUT2D eigenvalue weighted by atomic mass is 10.0. The molecule has 0 heterocycles. The second kappa shape index (κ2) is 6.10. The van der Waals surface area contributed by atoms with Gasteiger partial charge in [-0.05, 0) is 25.0 Å². The fourth-order valence-corrected chi connectivity index (χ4v) is 1.46. The minimum absolute atomic E-state index is 0.0775. The Morgan fingerprint density at radius 1 is 1.40 bits per heavy atom. The zero-order valence-electron chi connectivity index (χ0n) is 9.29. The van der Waals surface area contributed by atoms with Gasteiger partial charge >= 0.3 is 0 Å². The quantitative estimate of drug-likeness (QED) is 0.759. The second-order valence-electron chi connectivity index (χ2n) is 3.41. The summed E-state index contributed by atoms with van der Waals surface area (Å²) >= 11 is 0. The number of hydrogen-bond acceptors (Lipinski definition) is 2. The summed E-state index contributed by atoms with van der Waals surface area (Å²) < 4.78 is 5.26. The molecule has 0 aliphatic carbocycles. The summed E-state index contributed by atoms with van der Waals surface area (Å²) in [5.41, 5.74) is 7.10. The van der Waals surface area contributed by atoms with Gasteiger partial charge in [-0.15, -0.1) is 11.8 Å². The normalized spacial score (nSPS) is 11.4. The van der Waals surface area contributed by atoms with Crippen LogP contribution < -0.4 is 10.5 Å². The molecule has 0 aliphatic rings. The molecule has 1 aromatic rings. The Labute approximate surface area is 91.4 Å². The van der Waals surface area contributed by atoms with Crippen molar-refractivity contribution in [1.82, 2.24) is 0 Å². The molecule has 1 rings (SSSR count). The maximum atomic E-state index is 5.96. The van der Waals surface area contributed by atoms with Crippen LogP contribution in [-0.2, 0) is 6.42 Å². The van der Waals surface area contributed by atoms with Crippen molar-refractivity contribution in [3.8, 4) is 17.6 Å². The Hall–Kier alpha value is -1.46. The molecule has 0 fully saturated rings. The Balaban J connectivity index is 2.65. The van der Waals surface area contributed by atoms with Crippen LogP contribution in [0.15, 0.2) is 24.3 Å². The van der Waals surface area contributed by atoms with Crippen molar-refractivity contribution in [1.29, 1.82) is 0 Å². The van der Waals surface area contributed by atoms with E-state index in [1.165, 1.54) is 0 Å². The van der Waals surface area contributed by atoms with Gasteiger partial charge in [-0.3, -0.25) is 0 Å². The number of methoxy groups -OCH3 is 1. The van der Waals surface area contributed by atoms with E-state index in [4.69, 9.17) is 10.5 Å². The second-order valence-corrected chi connectivity index (χ2v) is 3.41. The van der Waals surface area contributed by atoms with Gasteiger partial charge in [0.2, 0.25) is 0 Å². The number of nitrogens with two attached hydrogens (primary N) is 1. The molecule has 0 spiro atoms. The summed E-state index contributed by atoms with van der Waals surface area (Å²) in [6.07, 6.45) is 1.53. The summed E-state index contributed by atoms with van der Waals surface area (Å²) in [7, 11) is 1.68. The number of ether oxygens (including phenoxy) is 1. The monoisotopic (exact) mass is 203 g/mol. The van der Waals surface area contributed by atoms with Crippen molar-refractivity contribution < 1.29 is 4.74 Å². The number of benzene rings is 1. The minimum atomic E-state index is 0.0775. The highest BCUT2D eigenvalue weighted by Crippen LogP contribution is 2.18. The highest BCUT2D eigenvalue weighted by atomic mass is 16.5. The summed E-state index contributed by atoms with van der Waals surface area (Å²) in [5, 5.41) is 0. The van der Waals surface area contributed by atoms with E-state index >= 15 is 0 Å². The molecule has 0 radical (unpaired) electrons. The number of rotatable bonds is 4. The van der Waals surface area contributed by atoms with Crippen molar-refractivity contribution >= 4 is 0 Å². The van der Waals surface area contributed by atoms with Crippen LogP contribution in [0.25, 0.3) is 0 Å². The lowest BCUT2D eigenvalue weighted by Gasteiger charge is -2.11. The van der Waals surface area contributed by atoms with Gasteiger partial charge in [0, 0.05) is 12.5 Å². The van der Waals surface area contributed by atoms with E-state index < -0.39 is 0 Å². The number of hydrogen-bond donors (Lipinski definition) is 1. The maximum absolute atomic E-state index is 5.96. The van der Waals surface area contributed by atoms with Gasteiger partial charge in [0.15, 0.2) is 0 Å². The summed E-state index contributed by atoms with van der Waals surface area (Å²) in [6.45, 7) is 1.83. The number of para-hydroxylation sites is 1. The van der Waals surface area contributed by atoms with E-state index in [0.29, 0.717) is 0 Å². The van der Waals surface area contributed by atoms with E-state index in [1.807, 2.05) is 31.2 Å². The van der Waals surface area contributed by atoms with Gasteiger partial charge < -0.3 is 10.5 Å². The average molecular weight is 203 g/mol. The van der Waals surface area contributed by atoms with E-state index in [9.17, 15) is 0 Å². The summed E-state index contributed by atoms with van der Waals surface area (Å²) in [6, 6.07) is 8.02. The molecule has 0 saturated carbocycles. The van der Waals surface area contributed by atoms with Gasteiger partial charge in [0.05, 0.1) is 7.11 Å². The van der Waals surface area contributed by atoms with Crippen LogP contribution in [0.4, 0.5) is 0 Å². The first-order valence-corrected chi connectivity index (χ1v) is 5.05. The molecular weight excluding hydrogens is 186 g/mol. The van der Waals surface area contributed by atoms with E-state index in [1.54, 1.807) is 7.11 Å². The van der Waals surface area contributed by atoms with Crippen molar-refractivity contribution in [2.75, 3.05) is 7.11 Å². The smallest absolute Gasteiger partial charge is 0.122 e. The molecule has 2 heteroatoms. The molecule has 0 bridgehead atoms. The largest absolute Gasteiger partial charge is 0.496 e. The topological polar surface area (TPSA) is 35.2 Å². The highest BCUT2D eigenvalue weighted by Gasteiger charge is 2.06. The molecule has 1 unspecified atom stereocenters. The maximum Gasteiger partial charge on any atom is 0.122 e. The molecule has 2 nitrogen and oxygen atoms in total. The molecule has 1 atom stereocenters. The molecule has 80 valence electrons. The predicted octanol–water partition coefficient (Wildman–Crippen LogP) is 1.98. The summed E-state index contributed by atoms with van der Waals surface area (Å²) in [4.78, 5) is 0. The molecule has 0 amide bonds. The molecule has 1 aromatic carbocycles. The summed E-state index contributed by atoms with van der Waals surface area (Å²) in [5.74, 6) is 6.74. The van der Waals surface area contributed by atoms with E-state index in [-0.39, 0.29) is 6.04 Å². The lowest BCUT2D eigenvalue weighted by molar-refractivity contribution is 0.408. The van der Waals surface area contributed by atoms with Crippen LogP contribution in [0, 0.1) is 11.8 Å². The van der Waals surface area contributed by atoms with Crippen LogP contribution in [-0.4, -0.2) is 13.2 Å². The third-order valence-electron chi connectivity index (χ3n) is 2.22. The Bertz CT molecular complexity index is 362. The fourth-order valence-electron chi connectivity index (χ4n) is 1.46. The first kappa shape index (κ1) is 11.6. The van der Waals surface area contributed by atoms with Gasteiger partial charge in [-0.2, -0.15) is 0 Å². The predicted molar refractivity (Wildman–Crippen MR) is 62.7 cm³/mol. The van der Waals surface area contributed by atoms with Crippen LogP contribution in [0.3, 0.4) is 0 Å².